The van der Waals surface area contributed by atoms with E-state index in [4.69, 9.17) is 10.8 Å². The molecule has 1 aromatic carbocycles. The maximum absolute atomic E-state index is 12.0. The monoisotopic (exact) mass is 355 g/mol. The lowest BCUT2D eigenvalue weighted by atomic mass is 10.2. The maximum atomic E-state index is 12.0. The highest BCUT2D eigenvalue weighted by molar-refractivity contribution is 9.10. The Balaban J connectivity index is 2.22. The smallest absolute Gasteiger partial charge is 0.335 e. The number of amides is 1. The predicted octanol–water partition coefficient (Wildman–Crippen LogP) is 2.31. The number of hydrogen-bond acceptors (Lipinski definition) is 5. The standard InChI is InChI=1S/C12H10BrN3O3S/c13-7-2-1-6(12(18)19)3-8(7)16-11(17)9-5-20-10(4-14)15-9/h1-3,5H,4,14H2,(H,16,17)(H,18,19). The van der Waals surface area contributed by atoms with Gasteiger partial charge in [-0.15, -0.1) is 11.3 Å². The van der Waals surface area contributed by atoms with Crippen LogP contribution < -0.4 is 11.1 Å². The van der Waals surface area contributed by atoms with Crippen molar-refractivity contribution >= 4 is 44.8 Å². The van der Waals surface area contributed by atoms with Crippen LogP contribution in [-0.4, -0.2) is 22.0 Å². The molecule has 0 aliphatic carbocycles. The summed E-state index contributed by atoms with van der Waals surface area (Å²) in [7, 11) is 0. The maximum Gasteiger partial charge on any atom is 0.335 e. The molecule has 4 N–H and O–H groups in total. The molecule has 20 heavy (non-hydrogen) atoms. The van der Waals surface area contributed by atoms with E-state index in [2.05, 4.69) is 26.2 Å². The summed E-state index contributed by atoms with van der Waals surface area (Å²) in [6, 6.07) is 4.38. The van der Waals surface area contributed by atoms with Crippen LogP contribution in [0, 0.1) is 0 Å². The second-order valence-corrected chi connectivity index (χ2v) is 5.58. The van der Waals surface area contributed by atoms with Crippen molar-refractivity contribution in [2.24, 2.45) is 5.73 Å². The first kappa shape index (κ1) is 14.6. The average molecular weight is 356 g/mol. The van der Waals surface area contributed by atoms with Gasteiger partial charge in [0.25, 0.3) is 5.91 Å². The number of carbonyl (C=O) groups excluding carboxylic acids is 1. The summed E-state index contributed by atoms with van der Waals surface area (Å²) < 4.78 is 0.588. The molecule has 0 unspecified atom stereocenters. The fourth-order valence-corrected chi connectivity index (χ4v) is 2.45. The van der Waals surface area contributed by atoms with Crippen LogP contribution >= 0.6 is 27.3 Å². The van der Waals surface area contributed by atoms with Crippen molar-refractivity contribution in [2.45, 2.75) is 6.54 Å². The number of carboxylic acid groups (broad SMARTS) is 1. The van der Waals surface area contributed by atoms with Gasteiger partial charge in [0.1, 0.15) is 10.7 Å². The molecule has 0 fully saturated rings. The Morgan fingerprint density at radius 3 is 2.80 bits per heavy atom. The van der Waals surface area contributed by atoms with E-state index in [1.54, 1.807) is 11.4 Å². The van der Waals surface area contributed by atoms with Gasteiger partial charge in [0.05, 0.1) is 11.3 Å². The Kier molecular flexibility index (Phi) is 4.48. The molecular formula is C12H10BrN3O3S. The van der Waals surface area contributed by atoms with Crippen LogP contribution in [0.5, 0.6) is 0 Å². The van der Waals surface area contributed by atoms with E-state index in [1.807, 2.05) is 0 Å². The normalized spacial score (nSPS) is 10.3. The number of aromatic nitrogens is 1. The number of carboxylic acids is 1. The zero-order valence-electron chi connectivity index (χ0n) is 10.1. The summed E-state index contributed by atoms with van der Waals surface area (Å²) in [5.74, 6) is -1.48. The summed E-state index contributed by atoms with van der Waals surface area (Å²) in [6.45, 7) is 0.274. The van der Waals surface area contributed by atoms with Gasteiger partial charge in [0.2, 0.25) is 0 Å². The molecule has 2 rings (SSSR count). The molecule has 0 saturated heterocycles. The summed E-state index contributed by atoms with van der Waals surface area (Å²) in [5.41, 5.74) is 6.15. The van der Waals surface area contributed by atoms with E-state index < -0.39 is 11.9 Å². The Morgan fingerprint density at radius 1 is 1.45 bits per heavy atom. The quantitative estimate of drug-likeness (QED) is 0.780. The Bertz CT molecular complexity index is 672. The zero-order valence-corrected chi connectivity index (χ0v) is 12.5. The first-order valence-corrected chi connectivity index (χ1v) is 7.17. The Labute approximate surface area is 126 Å². The van der Waals surface area contributed by atoms with Crippen LogP contribution in [0.15, 0.2) is 28.1 Å². The topological polar surface area (TPSA) is 105 Å². The molecule has 1 aromatic heterocycles. The number of nitrogens with zero attached hydrogens (tertiary/aromatic N) is 1. The third-order valence-corrected chi connectivity index (χ3v) is 3.98. The van der Waals surface area contributed by atoms with Crippen molar-refractivity contribution in [1.29, 1.82) is 0 Å². The molecule has 2 aromatic rings. The van der Waals surface area contributed by atoms with Gasteiger partial charge in [0, 0.05) is 16.4 Å². The van der Waals surface area contributed by atoms with Crippen molar-refractivity contribution < 1.29 is 14.7 Å². The fourth-order valence-electron chi connectivity index (χ4n) is 1.45. The highest BCUT2D eigenvalue weighted by atomic mass is 79.9. The summed E-state index contributed by atoms with van der Waals surface area (Å²) in [4.78, 5) is 27.0. The Hall–Kier alpha value is -1.77. The first-order valence-electron chi connectivity index (χ1n) is 5.50. The van der Waals surface area contributed by atoms with E-state index in [0.29, 0.717) is 15.2 Å². The van der Waals surface area contributed by atoms with Gasteiger partial charge in [-0.05, 0) is 34.1 Å². The number of carbonyl (C=O) groups is 2. The van der Waals surface area contributed by atoms with Crippen molar-refractivity contribution in [3.63, 3.8) is 0 Å². The van der Waals surface area contributed by atoms with Gasteiger partial charge in [-0.1, -0.05) is 0 Å². The summed E-state index contributed by atoms with van der Waals surface area (Å²) in [6.07, 6.45) is 0. The lowest BCUT2D eigenvalue weighted by molar-refractivity contribution is 0.0696. The molecule has 104 valence electrons. The van der Waals surface area contributed by atoms with Gasteiger partial charge in [0.15, 0.2) is 0 Å². The average Bonchev–Trinajstić information content (AvgIpc) is 2.89. The van der Waals surface area contributed by atoms with Crippen molar-refractivity contribution in [2.75, 3.05) is 5.32 Å². The van der Waals surface area contributed by atoms with E-state index in [9.17, 15) is 9.59 Å². The molecule has 0 aliphatic heterocycles. The summed E-state index contributed by atoms with van der Waals surface area (Å²) >= 11 is 4.55. The second-order valence-electron chi connectivity index (χ2n) is 3.78. The second kappa shape index (κ2) is 6.12. The highest BCUT2D eigenvalue weighted by Gasteiger charge is 2.13. The van der Waals surface area contributed by atoms with Gasteiger partial charge in [-0.2, -0.15) is 0 Å². The Morgan fingerprint density at radius 2 is 2.20 bits per heavy atom. The van der Waals surface area contributed by atoms with E-state index >= 15 is 0 Å². The van der Waals surface area contributed by atoms with Crippen LogP contribution in [0.2, 0.25) is 0 Å². The highest BCUT2D eigenvalue weighted by Crippen LogP contribution is 2.24. The number of nitrogens with one attached hydrogen (secondary N) is 1. The molecule has 0 radical (unpaired) electrons. The number of nitrogens with two attached hydrogens (primary N) is 1. The molecule has 0 saturated carbocycles. The number of rotatable bonds is 4. The lowest BCUT2D eigenvalue weighted by Gasteiger charge is -2.07. The minimum absolute atomic E-state index is 0.0874. The molecule has 0 aliphatic rings. The molecule has 0 bridgehead atoms. The largest absolute Gasteiger partial charge is 0.478 e. The molecule has 1 amide bonds. The molecule has 0 spiro atoms. The van der Waals surface area contributed by atoms with Gasteiger partial charge >= 0.3 is 5.97 Å². The van der Waals surface area contributed by atoms with Gasteiger partial charge < -0.3 is 16.2 Å². The number of anilines is 1. The van der Waals surface area contributed by atoms with E-state index in [0.717, 1.165) is 0 Å². The molecule has 1 heterocycles. The van der Waals surface area contributed by atoms with Crippen LogP contribution in [0.4, 0.5) is 5.69 Å². The molecule has 8 heteroatoms. The fraction of sp³-hybridized carbons (Fsp3) is 0.0833. The third kappa shape index (κ3) is 3.21. The molecular weight excluding hydrogens is 346 g/mol. The zero-order chi connectivity index (χ0) is 14.7. The van der Waals surface area contributed by atoms with Crippen LogP contribution in [0.25, 0.3) is 0 Å². The summed E-state index contributed by atoms with van der Waals surface area (Å²) in [5, 5.41) is 13.8. The van der Waals surface area contributed by atoms with Gasteiger partial charge in [-0.3, -0.25) is 4.79 Å². The first-order chi connectivity index (χ1) is 9.51. The van der Waals surface area contributed by atoms with Crippen LogP contribution in [0.3, 0.4) is 0 Å². The van der Waals surface area contributed by atoms with Gasteiger partial charge in [-0.25, -0.2) is 9.78 Å². The number of halogens is 1. The number of benzene rings is 1. The van der Waals surface area contributed by atoms with Crippen LogP contribution in [0.1, 0.15) is 25.9 Å². The van der Waals surface area contributed by atoms with Crippen LogP contribution in [-0.2, 0) is 6.54 Å². The van der Waals surface area contributed by atoms with Crippen molar-refractivity contribution in [3.8, 4) is 0 Å². The van der Waals surface area contributed by atoms with Crippen molar-refractivity contribution in [3.05, 3.63) is 44.3 Å². The molecule has 0 atom stereocenters. The lowest BCUT2D eigenvalue weighted by Crippen LogP contribution is -2.13. The minimum atomic E-state index is -1.06. The SMILES string of the molecule is NCc1nc(C(=O)Nc2cc(C(=O)O)ccc2Br)cs1. The third-order valence-electron chi connectivity index (χ3n) is 2.42. The minimum Gasteiger partial charge on any atom is -0.478 e. The number of aromatic carboxylic acids is 1. The molecule has 6 nitrogen and oxygen atoms in total. The number of hydrogen-bond donors (Lipinski definition) is 3. The van der Waals surface area contributed by atoms with E-state index in [1.165, 1.54) is 23.5 Å². The van der Waals surface area contributed by atoms with E-state index in [-0.39, 0.29) is 17.8 Å². The van der Waals surface area contributed by atoms with Crippen molar-refractivity contribution in [1.82, 2.24) is 4.98 Å². The number of thiazole rings is 1. The predicted molar refractivity (Wildman–Crippen MR) is 79.1 cm³/mol.